The number of aromatic nitrogens is 4. The molecule has 2 heterocycles. The highest BCUT2D eigenvalue weighted by Gasteiger charge is 2.36. The van der Waals surface area contributed by atoms with Crippen LogP contribution in [0, 0.1) is 0 Å². The Morgan fingerprint density at radius 3 is 2.50 bits per heavy atom. The Morgan fingerprint density at radius 1 is 1.09 bits per heavy atom. The van der Waals surface area contributed by atoms with Gasteiger partial charge in [-0.3, -0.25) is 4.79 Å². The molecule has 0 fully saturated rings. The van der Waals surface area contributed by atoms with Crippen molar-refractivity contribution in [3.8, 4) is 17.0 Å². The summed E-state index contributed by atoms with van der Waals surface area (Å²) in [6, 6.07) is 14.4. The number of carbonyl (C=O) groups is 1. The van der Waals surface area contributed by atoms with Gasteiger partial charge in [-0.25, -0.2) is 4.98 Å². The second kappa shape index (κ2) is 8.29. The van der Waals surface area contributed by atoms with Gasteiger partial charge in [-0.15, -0.1) is 5.10 Å². The van der Waals surface area contributed by atoms with Crippen molar-refractivity contribution in [2.45, 2.75) is 19.5 Å². The molecule has 164 valence electrons. The summed E-state index contributed by atoms with van der Waals surface area (Å²) in [5, 5.41) is 6.38. The van der Waals surface area contributed by atoms with Crippen LogP contribution in [-0.4, -0.2) is 32.6 Å². The number of fused-ring (bicyclic) bond motifs is 1. The zero-order valence-corrected chi connectivity index (χ0v) is 17.1. The lowest BCUT2D eigenvalue weighted by atomic mass is 10.1. The Kier molecular flexibility index (Phi) is 5.52. The molecule has 4 rings (SSSR count). The van der Waals surface area contributed by atoms with E-state index in [2.05, 4.69) is 20.4 Å². The first-order valence-electron chi connectivity index (χ1n) is 9.68. The second-order valence-corrected chi connectivity index (χ2v) is 6.91. The number of anilines is 1. The van der Waals surface area contributed by atoms with Crippen molar-refractivity contribution < 1.29 is 22.7 Å². The molecule has 10 heteroatoms. The van der Waals surface area contributed by atoms with E-state index in [1.165, 1.54) is 7.11 Å². The third-order valence-corrected chi connectivity index (χ3v) is 4.78. The van der Waals surface area contributed by atoms with Crippen molar-refractivity contribution in [3.63, 3.8) is 0 Å². The van der Waals surface area contributed by atoms with E-state index >= 15 is 0 Å². The number of benzene rings is 2. The first kappa shape index (κ1) is 21.3. The molecule has 0 aliphatic carbocycles. The fourth-order valence-electron chi connectivity index (χ4n) is 3.13. The van der Waals surface area contributed by atoms with Crippen molar-refractivity contribution in [2.24, 2.45) is 0 Å². The normalized spacial score (nSPS) is 11.5. The highest BCUT2D eigenvalue weighted by Crippen LogP contribution is 2.32. The number of hydrogen-bond acceptors (Lipinski definition) is 5. The van der Waals surface area contributed by atoms with E-state index in [9.17, 15) is 18.0 Å². The largest absolute Gasteiger partial charge is 0.497 e. The van der Waals surface area contributed by atoms with Gasteiger partial charge in [0, 0.05) is 11.3 Å². The van der Waals surface area contributed by atoms with Gasteiger partial charge in [-0.1, -0.05) is 19.1 Å². The number of amides is 1. The predicted molar refractivity (Wildman–Crippen MR) is 112 cm³/mol. The first-order chi connectivity index (χ1) is 15.3. The fourth-order valence-corrected chi connectivity index (χ4v) is 3.13. The summed E-state index contributed by atoms with van der Waals surface area (Å²) in [6.45, 7) is 1.97. The molecule has 1 amide bonds. The molecule has 1 N–H and O–H groups in total. The molecule has 32 heavy (non-hydrogen) atoms. The molecule has 0 spiro atoms. The maximum atomic E-state index is 13.7. The quantitative estimate of drug-likeness (QED) is 0.488. The number of ether oxygens (including phenoxy) is 1. The SMILES string of the molecule is CCc1cccc(NC(=O)c2nc3nc(-c4ccc(OC)cc4)cc(C(F)(F)F)n3n2)c1. The molecule has 0 radical (unpaired) electrons. The zero-order valence-electron chi connectivity index (χ0n) is 17.1. The molecular weight excluding hydrogens is 423 g/mol. The van der Waals surface area contributed by atoms with Gasteiger partial charge in [0.1, 0.15) is 5.75 Å². The highest BCUT2D eigenvalue weighted by atomic mass is 19.4. The zero-order chi connectivity index (χ0) is 22.9. The van der Waals surface area contributed by atoms with Gasteiger partial charge in [0.25, 0.3) is 11.7 Å². The van der Waals surface area contributed by atoms with E-state index in [0.29, 0.717) is 21.5 Å². The molecule has 0 atom stereocenters. The van der Waals surface area contributed by atoms with Gasteiger partial charge < -0.3 is 10.1 Å². The second-order valence-electron chi connectivity index (χ2n) is 6.91. The lowest BCUT2D eigenvalue weighted by Crippen LogP contribution is -2.16. The fraction of sp³-hybridized carbons (Fsp3) is 0.182. The van der Waals surface area contributed by atoms with Gasteiger partial charge in [0.05, 0.1) is 12.8 Å². The maximum absolute atomic E-state index is 13.7. The van der Waals surface area contributed by atoms with Crippen LogP contribution in [0.3, 0.4) is 0 Å². The molecule has 2 aromatic carbocycles. The van der Waals surface area contributed by atoms with Gasteiger partial charge in [-0.05, 0) is 54.4 Å². The van der Waals surface area contributed by atoms with E-state index in [1.54, 1.807) is 42.5 Å². The Balaban J connectivity index is 1.75. The average molecular weight is 441 g/mol. The number of rotatable bonds is 5. The number of nitrogens with zero attached hydrogens (tertiary/aromatic N) is 4. The van der Waals surface area contributed by atoms with E-state index in [4.69, 9.17) is 4.74 Å². The van der Waals surface area contributed by atoms with Crippen LogP contribution in [-0.2, 0) is 12.6 Å². The van der Waals surface area contributed by atoms with Gasteiger partial charge in [0.15, 0.2) is 5.69 Å². The van der Waals surface area contributed by atoms with E-state index in [-0.39, 0.29) is 11.5 Å². The van der Waals surface area contributed by atoms with Crippen LogP contribution in [0.25, 0.3) is 17.0 Å². The molecular formula is C22H18F3N5O2. The number of carbonyl (C=O) groups excluding carboxylic acids is 1. The standard InChI is InChI=1S/C22H18F3N5O2/c1-3-13-5-4-6-15(11-13)26-20(31)19-28-21-27-17(14-7-9-16(32-2)10-8-14)12-18(22(23,24)25)30(21)29-19/h4-12H,3H2,1-2H3,(H,26,31). The molecule has 0 saturated heterocycles. The van der Waals surface area contributed by atoms with Crippen molar-refractivity contribution in [1.29, 1.82) is 0 Å². The van der Waals surface area contributed by atoms with E-state index in [1.807, 2.05) is 13.0 Å². The van der Waals surface area contributed by atoms with Crippen molar-refractivity contribution in [1.82, 2.24) is 19.6 Å². The van der Waals surface area contributed by atoms with Crippen LogP contribution < -0.4 is 10.1 Å². The molecule has 0 unspecified atom stereocenters. The van der Waals surface area contributed by atoms with Crippen molar-refractivity contribution >= 4 is 17.4 Å². The third-order valence-electron chi connectivity index (χ3n) is 4.78. The number of hydrogen-bond donors (Lipinski definition) is 1. The highest BCUT2D eigenvalue weighted by molar-refractivity contribution is 6.01. The summed E-state index contributed by atoms with van der Waals surface area (Å²) in [6.07, 6.45) is -3.97. The van der Waals surface area contributed by atoms with Crippen molar-refractivity contribution in [3.05, 3.63) is 71.7 Å². The Morgan fingerprint density at radius 2 is 1.84 bits per heavy atom. The predicted octanol–water partition coefficient (Wildman–Crippen LogP) is 4.63. The minimum atomic E-state index is -4.74. The maximum Gasteiger partial charge on any atom is 0.433 e. The Bertz CT molecular complexity index is 1280. The lowest BCUT2D eigenvalue weighted by molar-refractivity contribution is -0.142. The summed E-state index contributed by atoms with van der Waals surface area (Å²) in [7, 11) is 1.49. The van der Waals surface area contributed by atoms with Crippen LogP contribution in [0.4, 0.5) is 18.9 Å². The topological polar surface area (TPSA) is 81.4 Å². The minimum absolute atomic E-state index is 0.0440. The summed E-state index contributed by atoms with van der Waals surface area (Å²) >= 11 is 0. The van der Waals surface area contributed by atoms with Gasteiger partial charge in [-0.2, -0.15) is 22.7 Å². The van der Waals surface area contributed by atoms with Crippen LogP contribution in [0.2, 0.25) is 0 Å². The number of methoxy groups -OCH3 is 1. The first-order valence-corrected chi connectivity index (χ1v) is 9.68. The van der Waals surface area contributed by atoms with E-state index < -0.39 is 23.6 Å². The number of halogens is 3. The summed E-state index contributed by atoms with van der Waals surface area (Å²) in [5.41, 5.74) is 0.881. The summed E-state index contributed by atoms with van der Waals surface area (Å²) < 4.78 is 46.8. The molecule has 4 aromatic rings. The summed E-state index contributed by atoms with van der Waals surface area (Å²) in [4.78, 5) is 20.7. The van der Waals surface area contributed by atoms with E-state index in [0.717, 1.165) is 18.1 Å². The smallest absolute Gasteiger partial charge is 0.433 e. The van der Waals surface area contributed by atoms with Crippen molar-refractivity contribution in [2.75, 3.05) is 12.4 Å². The van der Waals surface area contributed by atoms with Crippen LogP contribution in [0.5, 0.6) is 5.75 Å². The Labute approximate surface area is 180 Å². The average Bonchev–Trinajstić information content (AvgIpc) is 3.22. The monoisotopic (exact) mass is 441 g/mol. The molecule has 0 aliphatic rings. The molecule has 2 aromatic heterocycles. The molecule has 0 bridgehead atoms. The number of nitrogens with one attached hydrogen (secondary N) is 1. The van der Waals surface area contributed by atoms with Gasteiger partial charge >= 0.3 is 6.18 Å². The molecule has 0 aliphatic heterocycles. The summed E-state index contributed by atoms with van der Waals surface area (Å²) in [5.74, 6) is -0.933. The van der Waals surface area contributed by atoms with Crippen LogP contribution in [0.15, 0.2) is 54.6 Å². The van der Waals surface area contributed by atoms with Crippen LogP contribution in [0.1, 0.15) is 28.8 Å². The minimum Gasteiger partial charge on any atom is -0.497 e. The number of alkyl halides is 3. The molecule has 0 saturated carbocycles. The van der Waals surface area contributed by atoms with Gasteiger partial charge in [0.2, 0.25) is 5.82 Å². The Hall–Kier alpha value is -3.95. The third kappa shape index (κ3) is 4.25. The lowest BCUT2D eigenvalue weighted by Gasteiger charge is -2.10. The molecule has 7 nitrogen and oxygen atoms in total. The number of aryl methyl sites for hydroxylation is 1. The van der Waals surface area contributed by atoms with Crippen LogP contribution >= 0.6 is 0 Å².